The first kappa shape index (κ1) is 44.6. The van der Waals surface area contributed by atoms with Gasteiger partial charge in [0.1, 0.15) is 11.4 Å². The van der Waals surface area contributed by atoms with Gasteiger partial charge in [0, 0.05) is 0 Å². The van der Waals surface area contributed by atoms with E-state index in [0.717, 1.165) is 4.48 Å². The molecule has 0 unspecified atom stereocenters. The first-order valence-electron chi connectivity index (χ1n) is 22.8. The number of nitrogens with zero attached hydrogens (tertiary/aromatic N) is 1. The molecule has 0 fully saturated rings. The van der Waals surface area contributed by atoms with Crippen molar-refractivity contribution in [2.75, 3.05) is 13.1 Å². The van der Waals surface area contributed by atoms with Gasteiger partial charge >= 0.3 is 0 Å². The molecule has 0 bridgehead atoms. The molecular formula is C49H86N+. The van der Waals surface area contributed by atoms with E-state index in [4.69, 9.17) is 0 Å². The summed E-state index contributed by atoms with van der Waals surface area (Å²) in [6.45, 7) is 7.08. The van der Waals surface area contributed by atoms with E-state index in [1.165, 1.54) is 236 Å². The molecule has 0 heterocycles. The third kappa shape index (κ3) is 22.4. The predicted molar refractivity (Wildman–Crippen MR) is 228 cm³/mol. The highest BCUT2D eigenvalue weighted by Gasteiger charge is 2.32. The zero-order chi connectivity index (χ0) is 35.5. The highest BCUT2D eigenvalue weighted by Crippen LogP contribution is 2.36. The van der Waals surface area contributed by atoms with Crippen LogP contribution in [0.2, 0.25) is 0 Å². The summed E-state index contributed by atoms with van der Waals surface area (Å²) in [4.78, 5) is 0. The summed E-state index contributed by atoms with van der Waals surface area (Å²) in [5.41, 5.74) is 2.97. The fourth-order valence-electron chi connectivity index (χ4n) is 8.24. The van der Waals surface area contributed by atoms with Crippen molar-refractivity contribution in [3.05, 3.63) is 60.7 Å². The quantitative estimate of drug-likeness (QED) is 0.0489. The normalized spacial score (nSPS) is 11.8. The van der Waals surface area contributed by atoms with E-state index in [1.54, 1.807) is 0 Å². The average Bonchev–Trinajstić information content (AvgIpc) is 3.15. The van der Waals surface area contributed by atoms with Crippen molar-refractivity contribution in [2.45, 2.75) is 226 Å². The molecule has 0 amide bonds. The Labute approximate surface area is 314 Å². The van der Waals surface area contributed by atoms with Crippen molar-refractivity contribution in [2.24, 2.45) is 0 Å². The van der Waals surface area contributed by atoms with Gasteiger partial charge in [-0.25, -0.2) is 0 Å². The Morgan fingerprint density at radius 2 is 0.460 bits per heavy atom. The van der Waals surface area contributed by atoms with Crippen LogP contribution in [0.25, 0.3) is 0 Å². The lowest BCUT2D eigenvalue weighted by Crippen LogP contribution is -2.46. The molecule has 0 saturated carbocycles. The summed E-state index contributed by atoms with van der Waals surface area (Å²) in [7, 11) is 0. The van der Waals surface area contributed by atoms with Crippen LogP contribution < -0.4 is 4.48 Å². The Morgan fingerprint density at radius 1 is 0.260 bits per heavy atom. The molecule has 0 radical (unpaired) electrons. The Kier molecular flexibility index (Phi) is 29.6. The van der Waals surface area contributed by atoms with Gasteiger partial charge in [-0.1, -0.05) is 236 Å². The number of rotatable bonds is 37. The summed E-state index contributed by atoms with van der Waals surface area (Å²) in [5, 5.41) is 0. The Hall–Kier alpha value is -1.60. The molecule has 2 aromatic carbocycles. The minimum absolute atomic E-state index is 1.03. The molecule has 286 valence electrons. The van der Waals surface area contributed by atoms with Crippen LogP contribution >= 0.6 is 0 Å². The van der Waals surface area contributed by atoms with Crippen LogP contribution in [0.4, 0.5) is 11.4 Å². The van der Waals surface area contributed by atoms with Gasteiger partial charge in [-0.2, -0.15) is 0 Å². The molecule has 0 aliphatic rings. The molecule has 0 aromatic heterocycles. The summed E-state index contributed by atoms with van der Waals surface area (Å²) in [5.74, 6) is 0. The molecule has 0 spiro atoms. The van der Waals surface area contributed by atoms with E-state index in [9.17, 15) is 0 Å². The topological polar surface area (TPSA) is 0 Å². The van der Waals surface area contributed by atoms with Crippen molar-refractivity contribution >= 4 is 11.4 Å². The van der Waals surface area contributed by atoms with Crippen LogP contribution in [0.15, 0.2) is 60.7 Å². The summed E-state index contributed by atoms with van der Waals surface area (Å²) in [6.07, 6.45) is 47.3. The van der Waals surface area contributed by atoms with E-state index in [-0.39, 0.29) is 0 Å². The maximum atomic E-state index is 2.40. The lowest BCUT2D eigenvalue weighted by atomic mass is 10.0. The molecule has 1 nitrogen and oxygen atoms in total. The van der Waals surface area contributed by atoms with Gasteiger partial charge < -0.3 is 0 Å². The highest BCUT2D eigenvalue weighted by molar-refractivity contribution is 5.58. The fraction of sp³-hybridized carbons (Fsp3) is 0.755. The molecule has 50 heavy (non-hydrogen) atoms. The maximum Gasteiger partial charge on any atom is 0.137 e. The number of benzene rings is 2. The van der Waals surface area contributed by atoms with Crippen molar-refractivity contribution in [1.82, 2.24) is 4.48 Å². The molecule has 0 aliphatic carbocycles. The minimum atomic E-state index is 1.03. The number of unbranched alkanes of at least 4 members (excludes halogenated alkanes) is 31. The van der Waals surface area contributed by atoms with E-state index in [2.05, 4.69) is 74.5 Å². The molecule has 0 aliphatic heterocycles. The first-order chi connectivity index (χ1) is 24.8. The third-order valence-electron chi connectivity index (χ3n) is 11.5. The van der Waals surface area contributed by atoms with Gasteiger partial charge in [0.2, 0.25) is 0 Å². The van der Waals surface area contributed by atoms with Crippen LogP contribution in [-0.4, -0.2) is 13.1 Å². The number of quaternary nitrogens is 1. The minimum Gasteiger partial charge on any atom is -0.259 e. The van der Waals surface area contributed by atoms with E-state index >= 15 is 0 Å². The molecule has 0 N–H and O–H groups in total. The van der Waals surface area contributed by atoms with E-state index in [1.807, 2.05) is 0 Å². The molecule has 2 aromatic rings. The maximum absolute atomic E-state index is 2.40. The average molecular weight is 689 g/mol. The SMILES string of the molecule is CCCCCCCCCCCCCCCCCCC[N+](CCCCCCCCCCCCCCCCCC)(c1ccccc1)c1ccccc1. The third-order valence-corrected chi connectivity index (χ3v) is 11.5. The standard InChI is InChI=1S/C49H86N/c1-3-5-7-9-11-13-15-17-19-21-23-25-27-29-31-33-41-47-50(48-42-36-34-37-43-48,49-44-38-35-39-45-49)46-40-32-30-28-26-24-22-20-18-16-14-12-10-8-6-4-2/h34-39,42-45H,3-33,40-41,46-47H2,1-2H3/q+1. The van der Waals surface area contributed by atoms with E-state index in [0.29, 0.717) is 0 Å². The Bertz CT molecular complexity index is 897. The molecular weight excluding hydrogens is 603 g/mol. The number of hydrogen-bond donors (Lipinski definition) is 0. The smallest absolute Gasteiger partial charge is 0.137 e. The van der Waals surface area contributed by atoms with Gasteiger partial charge in [0.15, 0.2) is 0 Å². The van der Waals surface area contributed by atoms with Crippen LogP contribution in [0.3, 0.4) is 0 Å². The molecule has 0 atom stereocenters. The Morgan fingerprint density at radius 3 is 0.680 bits per heavy atom. The summed E-state index contributed by atoms with van der Waals surface area (Å²) < 4.78 is 1.03. The Balaban J connectivity index is 1.63. The van der Waals surface area contributed by atoms with Crippen molar-refractivity contribution in [3.63, 3.8) is 0 Å². The monoisotopic (exact) mass is 689 g/mol. The van der Waals surface area contributed by atoms with E-state index < -0.39 is 0 Å². The molecule has 1 heteroatoms. The second-order valence-corrected chi connectivity index (χ2v) is 16.0. The van der Waals surface area contributed by atoms with Crippen LogP contribution in [0.1, 0.15) is 226 Å². The largest absolute Gasteiger partial charge is 0.259 e. The van der Waals surface area contributed by atoms with Gasteiger partial charge in [-0.15, -0.1) is 0 Å². The lowest BCUT2D eigenvalue weighted by Gasteiger charge is -2.38. The fourth-order valence-corrected chi connectivity index (χ4v) is 8.24. The first-order valence-corrected chi connectivity index (χ1v) is 22.8. The zero-order valence-electron chi connectivity index (χ0n) is 34.0. The summed E-state index contributed by atoms with van der Waals surface area (Å²) >= 11 is 0. The zero-order valence-corrected chi connectivity index (χ0v) is 34.0. The number of hydrogen-bond acceptors (Lipinski definition) is 0. The van der Waals surface area contributed by atoms with Crippen LogP contribution in [0, 0.1) is 0 Å². The van der Waals surface area contributed by atoms with Gasteiger partial charge in [-0.3, -0.25) is 4.48 Å². The number of para-hydroxylation sites is 2. The van der Waals surface area contributed by atoms with Crippen molar-refractivity contribution in [3.8, 4) is 0 Å². The highest BCUT2D eigenvalue weighted by atomic mass is 15.4. The lowest BCUT2D eigenvalue weighted by molar-refractivity contribution is 0.353. The molecule has 0 saturated heterocycles. The van der Waals surface area contributed by atoms with Gasteiger partial charge in [-0.05, 0) is 49.9 Å². The predicted octanol–water partition coefficient (Wildman–Crippen LogP) is 17.2. The van der Waals surface area contributed by atoms with Crippen LogP contribution in [0.5, 0.6) is 0 Å². The van der Waals surface area contributed by atoms with Crippen LogP contribution in [-0.2, 0) is 0 Å². The van der Waals surface area contributed by atoms with Crippen molar-refractivity contribution < 1.29 is 0 Å². The second-order valence-electron chi connectivity index (χ2n) is 16.0. The van der Waals surface area contributed by atoms with Crippen molar-refractivity contribution in [1.29, 1.82) is 0 Å². The van der Waals surface area contributed by atoms with Gasteiger partial charge in [0.25, 0.3) is 0 Å². The summed E-state index contributed by atoms with van der Waals surface area (Å²) in [6, 6.07) is 23.0. The second kappa shape index (κ2) is 33.3. The molecule has 2 rings (SSSR count). The van der Waals surface area contributed by atoms with Gasteiger partial charge in [0.05, 0.1) is 13.1 Å².